The van der Waals surface area contributed by atoms with Gasteiger partial charge in [0.25, 0.3) is 5.91 Å². The number of hydrogen-bond acceptors (Lipinski definition) is 5. The van der Waals surface area contributed by atoms with Crippen LogP contribution in [0.4, 0.5) is 11.4 Å². The summed E-state index contributed by atoms with van der Waals surface area (Å²) in [6.07, 6.45) is 4.43. The number of fused-ring (bicyclic) bond motifs is 1. The topological polar surface area (TPSA) is 108 Å². The average Bonchev–Trinajstić information content (AvgIpc) is 2.93. The highest BCUT2D eigenvalue weighted by Gasteiger charge is 2.39. The highest BCUT2D eigenvalue weighted by molar-refractivity contribution is 6.45. The lowest BCUT2D eigenvalue weighted by Crippen LogP contribution is -2.41. The molecule has 1 aromatic rings. The van der Waals surface area contributed by atoms with Gasteiger partial charge in [-0.3, -0.25) is 10.2 Å². The van der Waals surface area contributed by atoms with Crippen molar-refractivity contribution in [3.8, 4) is 0 Å². The van der Waals surface area contributed by atoms with Crippen molar-refractivity contribution in [1.29, 1.82) is 5.41 Å². The number of nitrogens with one attached hydrogen (secondary N) is 2. The van der Waals surface area contributed by atoms with Crippen molar-refractivity contribution in [3.05, 3.63) is 23.8 Å². The molecule has 23 heavy (non-hydrogen) atoms. The fourth-order valence-electron chi connectivity index (χ4n) is 4.01. The first-order chi connectivity index (χ1) is 11.0. The van der Waals surface area contributed by atoms with Crippen LogP contribution in [0.15, 0.2) is 18.2 Å². The summed E-state index contributed by atoms with van der Waals surface area (Å²) in [6, 6.07) is 5.58. The van der Waals surface area contributed by atoms with Gasteiger partial charge in [-0.05, 0) is 63.4 Å². The first kappa shape index (κ1) is 15.8. The maximum absolute atomic E-state index is 12.4. The van der Waals surface area contributed by atoms with Gasteiger partial charge in [0.15, 0.2) is 0 Å². The molecule has 1 saturated heterocycles. The first-order valence-corrected chi connectivity index (χ1v) is 8.20. The number of rotatable bonds is 3. The molecule has 2 fully saturated rings. The van der Waals surface area contributed by atoms with Crippen LogP contribution in [0.3, 0.4) is 0 Å². The van der Waals surface area contributed by atoms with Crippen LogP contribution in [0.25, 0.3) is 0 Å². The maximum Gasteiger partial charge on any atom is 0.270 e. The Morgan fingerprint density at radius 3 is 2.87 bits per heavy atom. The molecule has 1 heterocycles. The van der Waals surface area contributed by atoms with E-state index in [1.165, 1.54) is 12.8 Å². The van der Waals surface area contributed by atoms with Crippen molar-refractivity contribution in [3.63, 3.8) is 0 Å². The van der Waals surface area contributed by atoms with Crippen molar-refractivity contribution in [2.75, 3.05) is 25.1 Å². The molecule has 0 spiro atoms. The number of carbonyl (C=O) groups is 1. The summed E-state index contributed by atoms with van der Waals surface area (Å²) >= 11 is 0. The van der Waals surface area contributed by atoms with Gasteiger partial charge in [0, 0.05) is 29.0 Å². The summed E-state index contributed by atoms with van der Waals surface area (Å²) < 4.78 is 0. The van der Waals surface area contributed by atoms with Crippen molar-refractivity contribution >= 4 is 23.0 Å². The van der Waals surface area contributed by atoms with Crippen molar-refractivity contribution in [2.45, 2.75) is 37.8 Å². The number of likely N-dealkylation sites (tertiary alicyclic amines) is 1. The zero-order chi connectivity index (χ0) is 16.6. The van der Waals surface area contributed by atoms with E-state index in [0.717, 1.165) is 19.4 Å². The Morgan fingerprint density at radius 2 is 2.13 bits per heavy atom. The summed E-state index contributed by atoms with van der Waals surface area (Å²) in [4.78, 5) is 14.8. The monoisotopic (exact) mass is 315 g/mol. The van der Waals surface area contributed by atoms with Gasteiger partial charge < -0.3 is 21.7 Å². The molecular weight excluding hydrogens is 290 g/mol. The third kappa shape index (κ3) is 3.17. The number of anilines is 2. The van der Waals surface area contributed by atoms with Gasteiger partial charge in [-0.15, -0.1) is 0 Å². The highest BCUT2D eigenvalue weighted by atomic mass is 16.1. The molecule has 1 amide bonds. The van der Waals surface area contributed by atoms with E-state index >= 15 is 0 Å². The second-order valence-electron chi connectivity index (χ2n) is 6.81. The number of nitrogens with two attached hydrogens (primary N) is 2. The van der Waals surface area contributed by atoms with Crippen LogP contribution in [0.2, 0.25) is 0 Å². The molecule has 1 aliphatic carbocycles. The van der Waals surface area contributed by atoms with E-state index in [0.29, 0.717) is 28.9 Å². The fourth-order valence-corrected chi connectivity index (χ4v) is 4.01. The van der Waals surface area contributed by atoms with Gasteiger partial charge in [0.1, 0.15) is 5.71 Å². The van der Waals surface area contributed by atoms with Crippen LogP contribution in [0.1, 0.15) is 31.2 Å². The molecule has 6 heteroatoms. The SMILES string of the molecule is CN1CCCC2CC(NC(=O)C(=N)c3cc(N)ccc3N)CC21. The summed E-state index contributed by atoms with van der Waals surface area (Å²) in [7, 11) is 2.16. The molecule has 1 aromatic carbocycles. The van der Waals surface area contributed by atoms with Gasteiger partial charge in [-0.2, -0.15) is 0 Å². The number of nitrogen functional groups attached to an aromatic ring is 2. The van der Waals surface area contributed by atoms with Crippen LogP contribution in [-0.4, -0.2) is 42.2 Å². The molecule has 3 atom stereocenters. The Morgan fingerprint density at radius 1 is 1.35 bits per heavy atom. The van der Waals surface area contributed by atoms with Gasteiger partial charge in [-0.25, -0.2) is 0 Å². The van der Waals surface area contributed by atoms with Crippen molar-refractivity contribution in [1.82, 2.24) is 10.2 Å². The number of piperidine rings is 1. The second-order valence-corrected chi connectivity index (χ2v) is 6.81. The lowest BCUT2D eigenvalue weighted by atomic mass is 9.92. The van der Waals surface area contributed by atoms with Gasteiger partial charge in [0.05, 0.1) is 0 Å². The third-order valence-electron chi connectivity index (χ3n) is 5.22. The Kier molecular flexibility index (Phi) is 4.26. The third-order valence-corrected chi connectivity index (χ3v) is 5.22. The van der Waals surface area contributed by atoms with Crippen LogP contribution in [0.5, 0.6) is 0 Å². The summed E-state index contributed by atoms with van der Waals surface area (Å²) in [5, 5.41) is 11.1. The number of amides is 1. The Balaban J connectivity index is 1.65. The standard InChI is InChI=1S/C17H25N5O/c1-22-6-2-3-10-7-12(9-15(10)22)21-17(23)16(20)13-8-11(18)4-5-14(13)19/h4-5,8,10,12,15,20H,2-3,6-7,9,18-19H2,1H3,(H,21,23). The van der Waals surface area contributed by atoms with Crippen LogP contribution in [0, 0.1) is 11.3 Å². The number of carbonyl (C=O) groups excluding carboxylic acids is 1. The molecule has 2 aliphatic rings. The minimum absolute atomic E-state index is 0.113. The predicted molar refractivity (Wildman–Crippen MR) is 92.4 cm³/mol. The molecule has 6 N–H and O–H groups in total. The molecule has 6 nitrogen and oxygen atoms in total. The minimum atomic E-state index is -0.367. The van der Waals surface area contributed by atoms with Crippen molar-refractivity contribution in [2.24, 2.45) is 5.92 Å². The molecular formula is C17H25N5O. The number of hydrogen-bond donors (Lipinski definition) is 4. The zero-order valence-electron chi connectivity index (χ0n) is 13.5. The number of benzene rings is 1. The molecule has 1 saturated carbocycles. The van der Waals surface area contributed by atoms with E-state index in [4.69, 9.17) is 16.9 Å². The van der Waals surface area contributed by atoms with Crippen molar-refractivity contribution < 1.29 is 4.79 Å². The van der Waals surface area contributed by atoms with Crippen LogP contribution >= 0.6 is 0 Å². The first-order valence-electron chi connectivity index (χ1n) is 8.20. The van der Waals surface area contributed by atoms with Gasteiger partial charge in [-0.1, -0.05) is 0 Å². The smallest absolute Gasteiger partial charge is 0.270 e. The average molecular weight is 315 g/mol. The Labute approximate surface area is 136 Å². The summed E-state index contributed by atoms with van der Waals surface area (Å²) in [5.41, 5.74) is 12.8. The van der Waals surface area contributed by atoms with Crippen LogP contribution in [-0.2, 0) is 4.79 Å². The fraction of sp³-hybridized carbons (Fsp3) is 0.529. The molecule has 3 rings (SSSR count). The van der Waals surface area contributed by atoms with E-state index in [2.05, 4.69) is 17.3 Å². The molecule has 0 radical (unpaired) electrons. The molecule has 0 bridgehead atoms. The van der Waals surface area contributed by atoms with E-state index in [-0.39, 0.29) is 17.7 Å². The Hall–Kier alpha value is -2.08. The molecule has 3 unspecified atom stereocenters. The van der Waals surface area contributed by atoms with Gasteiger partial charge in [0.2, 0.25) is 0 Å². The lowest BCUT2D eigenvalue weighted by Gasteiger charge is -2.34. The molecule has 124 valence electrons. The largest absolute Gasteiger partial charge is 0.399 e. The normalized spacial score (nSPS) is 27.4. The van der Waals surface area contributed by atoms with Gasteiger partial charge >= 0.3 is 0 Å². The minimum Gasteiger partial charge on any atom is -0.399 e. The lowest BCUT2D eigenvalue weighted by molar-refractivity contribution is -0.115. The van der Waals surface area contributed by atoms with E-state index < -0.39 is 0 Å². The maximum atomic E-state index is 12.4. The Bertz CT molecular complexity index is 629. The summed E-state index contributed by atoms with van der Waals surface area (Å²) in [6.45, 7) is 1.14. The second kappa shape index (κ2) is 6.20. The zero-order valence-corrected chi connectivity index (χ0v) is 13.5. The van der Waals surface area contributed by atoms with Crippen LogP contribution < -0.4 is 16.8 Å². The van der Waals surface area contributed by atoms with E-state index in [9.17, 15) is 4.79 Å². The van der Waals surface area contributed by atoms with E-state index in [1.807, 2.05) is 0 Å². The quantitative estimate of drug-likeness (QED) is 0.496. The molecule has 1 aliphatic heterocycles. The summed E-state index contributed by atoms with van der Waals surface area (Å²) in [5.74, 6) is 0.291. The molecule has 0 aromatic heterocycles. The number of nitrogens with zero attached hydrogens (tertiary/aromatic N) is 1. The predicted octanol–water partition coefficient (Wildman–Crippen LogP) is 1.21. The highest BCUT2D eigenvalue weighted by Crippen LogP contribution is 2.36. The van der Waals surface area contributed by atoms with E-state index in [1.54, 1.807) is 18.2 Å².